The number of rotatable bonds is 10. The van der Waals surface area contributed by atoms with Gasteiger partial charge < -0.3 is 24.3 Å². The predicted molar refractivity (Wildman–Crippen MR) is 120 cm³/mol. The zero-order valence-electron chi connectivity index (χ0n) is 18.5. The van der Waals surface area contributed by atoms with Crippen molar-refractivity contribution in [3.63, 3.8) is 0 Å². The summed E-state index contributed by atoms with van der Waals surface area (Å²) in [5.74, 6) is 1.07. The number of nitrogens with one attached hydrogen (secondary N) is 1. The van der Waals surface area contributed by atoms with Gasteiger partial charge in [0.2, 0.25) is 5.88 Å². The number of carbonyl (C=O) groups excluding carboxylic acids is 1. The summed E-state index contributed by atoms with van der Waals surface area (Å²) in [7, 11) is 3.12. The lowest BCUT2D eigenvalue weighted by Gasteiger charge is -2.10. The molecule has 0 atom stereocenters. The molecular formula is C23H22FN5O5. The Hall–Kier alpha value is -4.41. The van der Waals surface area contributed by atoms with E-state index in [-0.39, 0.29) is 25.5 Å². The number of carbonyl (C=O) groups is 1. The van der Waals surface area contributed by atoms with Crippen LogP contribution in [-0.2, 0) is 4.79 Å². The molecule has 0 radical (unpaired) electrons. The zero-order chi connectivity index (χ0) is 23.9. The first-order valence-corrected chi connectivity index (χ1v) is 10.3. The van der Waals surface area contributed by atoms with Crippen LogP contribution in [0.3, 0.4) is 0 Å². The molecule has 0 bridgehead atoms. The smallest absolute Gasteiger partial charge is 0.258 e. The maximum atomic E-state index is 13.5. The SMILES string of the molecule is COc1ccc(-c2nnc3ccc(OCCNC(=O)COc4ccccc4F)nn23)cc1OC. The summed E-state index contributed by atoms with van der Waals surface area (Å²) in [6, 6.07) is 14.6. The average Bonchev–Trinajstić information content (AvgIpc) is 3.29. The molecule has 0 aliphatic carbocycles. The van der Waals surface area contributed by atoms with E-state index < -0.39 is 11.7 Å². The highest BCUT2D eigenvalue weighted by Crippen LogP contribution is 2.31. The standard InChI is InChI=1S/C23H22FN5O5/c1-31-18-8-7-15(13-19(18)32-2)23-27-26-20-9-10-22(28-29(20)23)33-12-11-25-21(30)14-34-17-6-4-3-5-16(17)24/h3-10,13H,11-12,14H2,1-2H3,(H,25,30). The van der Waals surface area contributed by atoms with Gasteiger partial charge in [-0.3, -0.25) is 4.79 Å². The van der Waals surface area contributed by atoms with Gasteiger partial charge in [-0.05, 0) is 36.4 Å². The number of hydrogen-bond donors (Lipinski definition) is 1. The molecule has 11 heteroatoms. The number of ether oxygens (including phenoxy) is 4. The Morgan fingerprint density at radius 1 is 0.971 bits per heavy atom. The first-order chi connectivity index (χ1) is 16.6. The topological polar surface area (TPSA) is 109 Å². The largest absolute Gasteiger partial charge is 0.493 e. The van der Waals surface area contributed by atoms with Crippen LogP contribution >= 0.6 is 0 Å². The number of nitrogens with zero attached hydrogens (tertiary/aromatic N) is 4. The number of halogens is 1. The highest BCUT2D eigenvalue weighted by atomic mass is 19.1. The Morgan fingerprint density at radius 3 is 2.59 bits per heavy atom. The highest BCUT2D eigenvalue weighted by molar-refractivity contribution is 5.77. The minimum absolute atomic E-state index is 0.0191. The number of methoxy groups -OCH3 is 2. The summed E-state index contributed by atoms with van der Waals surface area (Å²) >= 11 is 0. The second kappa shape index (κ2) is 10.5. The molecule has 10 nitrogen and oxygen atoms in total. The van der Waals surface area contributed by atoms with Crippen molar-refractivity contribution >= 4 is 11.6 Å². The molecule has 0 aliphatic heterocycles. The van der Waals surface area contributed by atoms with Gasteiger partial charge in [-0.2, -0.15) is 4.52 Å². The van der Waals surface area contributed by atoms with Crippen LogP contribution in [0.25, 0.3) is 17.0 Å². The molecule has 1 amide bonds. The molecule has 1 N–H and O–H groups in total. The summed E-state index contributed by atoms with van der Waals surface area (Å²) in [6.07, 6.45) is 0. The van der Waals surface area contributed by atoms with Crippen LogP contribution < -0.4 is 24.3 Å². The van der Waals surface area contributed by atoms with Crippen LogP contribution in [0.5, 0.6) is 23.1 Å². The molecule has 2 aromatic carbocycles. The first kappa shape index (κ1) is 22.8. The van der Waals surface area contributed by atoms with E-state index in [4.69, 9.17) is 18.9 Å². The molecule has 176 valence electrons. The third-order valence-corrected chi connectivity index (χ3v) is 4.75. The molecular weight excluding hydrogens is 445 g/mol. The lowest BCUT2D eigenvalue weighted by molar-refractivity contribution is -0.123. The van der Waals surface area contributed by atoms with Crippen molar-refractivity contribution in [2.45, 2.75) is 0 Å². The number of amides is 1. The Kier molecular flexibility index (Phi) is 7.01. The Bertz CT molecular complexity index is 1300. The van der Waals surface area contributed by atoms with Crippen LogP contribution in [0.15, 0.2) is 54.6 Å². The first-order valence-electron chi connectivity index (χ1n) is 10.3. The molecule has 0 saturated heterocycles. The summed E-state index contributed by atoms with van der Waals surface area (Å²) in [4.78, 5) is 11.9. The Balaban J connectivity index is 1.34. The third-order valence-electron chi connectivity index (χ3n) is 4.75. The van der Waals surface area contributed by atoms with Crippen molar-refractivity contribution in [1.82, 2.24) is 25.1 Å². The highest BCUT2D eigenvalue weighted by Gasteiger charge is 2.14. The summed E-state index contributed by atoms with van der Waals surface area (Å²) in [5.41, 5.74) is 1.27. The van der Waals surface area contributed by atoms with Crippen LogP contribution in [0.1, 0.15) is 0 Å². The normalized spacial score (nSPS) is 10.7. The molecule has 4 rings (SSSR count). The van der Waals surface area contributed by atoms with Gasteiger partial charge in [0.1, 0.15) is 6.61 Å². The molecule has 2 aromatic heterocycles. The van der Waals surface area contributed by atoms with Crippen LogP contribution in [0.2, 0.25) is 0 Å². The monoisotopic (exact) mass is 467 g/mol. The molecule has 4 aromatic rings. The van der Waals surface area contributed by atoms with Gasteiger partial charge in [-0.1, -0.05) is 12.1 Å². The minimum atomic E-state index is -0.526. The number of para-hydroxylation sites is 1. The minimum Gasteiger partial charge on any atom is -0.493 e. The Morgan fingerprint density at radius 2 is 1.79 bits per heavy atom. The van der Waals surface area contributed by atoms with Crippen molar-refractivity contribution in [2.24, 2.45) is 0 Å². The second-order valence-corrected chi connectivity index (χ2v) is 6.95. The maximum absolute atomic E-state index is 13.5. The molecule has 0 aliphatic rings. The van der Waals surface area contributed by atoms with E-state index in [1.807, 2.05) is 6.07 Å². The molecule has 0 fully saturated rings. The fourth-order valence-corrected chi connectivity index (χ4v) is 3.11. The van der Waals surface area contributed by atoms with E-state index in [0.717, 1.165) is 5.56 Å². The lowest BCUT2D eigenvalue weighted by Crippen LogP contribution is -2.32. The summed E-state index contributed by atoms with van der Waals surface area (Å²) in [5, 5.41) is 15.4. The van der Waals surface area contributed by atoms with E-state index in [0.29, 0.717) is 28.9 Å². The van der Waals surface area contributed by atoms with Crippen molar-refractivity contribution in [3.8, 4) is 34.5 Å². The van der Waals surface area contributed by atoms with E-state index in [2.05, 4.69) is 20.6 Å². The van der Waals surface area contributed by atoms with Crippen LogP contribution in [-0.4, -0.2) is 59.7 Å². The molecule has 0 spiro atoms. The average molecular weight is 467 g/mol. The van der Waals surface area contributed by atoms with Crippen molar-refractivity contribution < 1.29 is 28.1 Å². The van der Waals surface area contributed by atoms with Crippen molar-refractivity contribution in [1.29, 1.82) is 0 Å². The number of fused-ring (bicyclic) bond motifs is 1. The molecule has 0 saturated carbocycles. The van der Waals surface area contributed by atoms with Gasteiger partial charge in [-0.15, -0.1) is 15.3 Å². The van der Waals surface area contributed by atoms with E-state index in [1.165, 1.54) is 12.1 Å². The maximum Gasteiger partial charge on any atom is 0.258 e. The van der Waals surface area contributed by atoms with E-state index in [9.17, 15) is 9.18 Å². The van der Waals surface area contributed by atoms with Gasteiger partial charge in [0.05, 0.1) is 20.8 Å². The van der Waals surface area contributed by atoms with Gasteiger partial charge in [0.25, 0.3) is 5.91 Å². The van der Waals surface area contributed by atoms with Gasteiger partial charge in [0, 0.05) is 11.6 Å². The van der Waals surface area contributed by atoms with Crippen molar-refractivity contribution in [3.05, 3.63) is 60.4 Å². The third kappa shape index (κ3) is 5.14. The van der Waals surface area contributed by atoms with Crippen LogP contribution in [0, 0.1) is 5.82 Å². The molecule has 2 heterocycles. The fourth-order valence-electron chi connectivity index (χ4n) is 3.11. The number of aromatic nitrogens is 4. The number of hydrogen-bond acceptors (Lipinski definition) is 8. The van der Waals surface area contributed by atoms with Gasteiger partial charge >= 0.3 is 0 Å². The van der Waals surface area contributed by atoms with E-state index >= 15 is 0 Å². The van der Waals surface area contributed by atoms with Crippen molar-refractivity contribution in [2.75, 3.05) is 34.0 Å². The van der Waals surface area contributed by atoms with E-state index in [1.54, 1.807) is 55.1 Å². The zero-order valence-corrected chi connectivity index (χ0v) is 18.5. The molecule has 34 heavy (non-hydrogen) atoms. The molecule has 0 unspecified atom stereocenters. The van der Waals surface area contributed by atoms with Crippen LogP contribution in [0.4, 0.5) is 4.39 Å². The summed E-state index contributed by atoms with van der Waals surface area (Å²) in [6.45, 7) is 0.0716. The second-order valence-electron chi connectivity index (χ2n) is 6.95. The summed E-state index contributed by atoms with van der Waals surface area (Å²) < 4.78 is 36.5. The van der Waals surface area contributed by atoms with Gasteiger partial charge in [-0.25, -0.2) is 4.39 Å². The predicted octanol–water partition coefficient (Wildman–Crippen LogP) is 2.52. The Labute approximate surface area is 194 Å². The number of benzene rings is 2. The fraction of sp³-hybridized carbons (Fsp3) is 0.217. The van der Waals surface area contributed by atoms with Gasteiger partial charge in [0.15, 0.2) is 41.1 Å². The quantitative estimate of drug-likeness (QED) is 0.355. The lowest BCUT2D eigenvalue weighted by atomic mass is 10.2.